The highest BCUT2D eigenvalue weighted by Gasteiger charge is 2.20. The van der Waals surface area contributed by atoms with Crippen LogP contribution in [0.5, 0.6) is 0 Å². The zero-order valence-electron chi connectivity index (χ0n) is 19.2. The number of pyridine rings is 1. The Morgan fingerprint density at radius 2 is 1.73 bits per heavy atom. The molecule has 0 radical (unpaired) electrons. The summed E-state index contributed by atoms with van der Waals surface area (Å²) in [7, 11) is 0. The predicted molar refractivity (Wildman–Crippen MR) is 139 cm³/mol. The lowest BCUT2D eigenvalue weighted by molar-refractivity contribution is -0.155. The molecule has 11 heteroatoms. The molecule has 1 heterocycles. The number of halogens is 1. The maximum Gasteiger partial charge on any atom is 0.341 e. The Balaban J connectivity index is 1.75. The lowest BCUT2D eigenvalue weighted by Crippen LogP contribution is -2.20. The first kappa shape index (κ1) is 26.8. The first-order valence-corrected chi connectivity index (χ1v) is 11.4. The number of aliphatic carboxylic acids is 1. The average molecular weight is 563 g/mol. The number of hydrogen-bond donors (Lipinski definition) is 3. The van der Waals surface area contributed by atoms with Crippen LogP contribution in [0.3, 0.4) is 0 Å². The Bertz CT molecular complexity index is 1510. The van der Waals surface area contributed by atoms with Crippen molar-refractivity contribution in [3.8, 4) is 6.07 Å². The molecule has 3 rings (SSSR count). The summed E-state index contributed by atoms with van der Waals surface area (Å²) in [6.07, 6.45) is 0.264. The molecule has 0 aliphatic rings. The number of carboxylic acids is 1. The molecule has 0 aliphatic carbocycles. The Kier molecular flexibility index (Phi) is 8.50. The number of amides is 1. The van der Waals surface area contributed by atoms with E-state index in [0.29, 0.717) is 27.8 Å². The highest BCUT2D eigenvalue weighted by Crippen LogP contribution is 2.31. The highest BCUT2D eigenvalue weighted by atomic mass is 79.9. The average Bonchev–Trinajstić information content (AvgIpc) is 2.83. The van der Waals surface area contributed by atoms with E-state index in [1.54, 1.807) is 18.2 Å². The van der Waals surface area contributed by atoms with E-state index in [0.717, 1.165) is 10.2 Å². The van der Waals surface area contributed by atoms with E-state index >= 15 is 0 Å². The van der Waals surface area contributed by atoms with Gasteiger partial charge in [0, 0.05) is 38.6 Å². The molecule has 0 unspecified atom stereocenters. The van der Waals surface area contributed by atoms with Gasteiger partial charge in [0.1, 0.15) is 6.07 Å². The van der Waals surface area contributed by atoms with Gasteiger partial charge in [-0.1, -0.05) is 35.2 Å². The van der Waals surface area contributed by atoms with E-state index in [1.165, 1.54) is 6.20 Å². The minimum atomic E-state index is -1.31. The molecule has 3 N–H and O–H groups in total. The van der Waals surface area contributed by atoms with Crippen molar-refractivity contribution in [2.45, 2.75) is 12.8 Å². The number of nitriles is 1. The Morgan fingerprint density at radius 3 is 2.38 bits per heavy atom. The summed E-state index contributed by atoms with van der Waals surface area (Å²) in [4.78, 5) is 51.3. The molecule has 0 saturated heterocycles. The van der Waals surface area contributed by atoms with Crippen molar-refractivity contribution in [3.05, 3.63) is 83.0 Å². The van der Waals surface area contributed by atoms with Gasteiger partial charge >= 0.3 is 17.9 Å². The van der Waals surface area contributed by atoms with E-state index in [-0.39, 0.29) is 5.57 Å². The number of benzene rings is 2. The number of carboxylic acid groups (broad SMARTS) is 1. The van der Waals surface area contributed by atoms with Crippen molar-refractivity contribution in [3.63, 3.8) is 0 Å². The summed E-state index contributed by atoms with van der Waals surface area (Å²) in [6, 6.07) is 14.4. The first-order valence-electron chi connectivity index (χ1n) is 10.6. The molecule has 186 valence electrons. The van der Waals surface area contributed by atoms with Gasteiger partial charge in [0.05, 0.1) is 29.6 Å². The molecule has 1 aromatic heterocycles. The zero-order valence-corrected chi connectivity index (χ0v) is 20.8. The normalized spacial score (nSPS) is 10.2. The number of aromatic nitrogens is 1. The first-order chi connectivity index (χ1) is 17.6. The van der Waals surface area contributed by atoms with Gasteiger partial charge in [-0.25, -0.2) is 9.59 Å². The van der Waals surface area contributed by atoms with Crippen LogP contribution in [0.25, 0.3) is 10.9 Å². The topological polar surface area (TPSA) is 158 Å². The monoisotopic (exact) mass is 562 g/mol. The third kappa shape index (κ3) is 7.09. The van der Waals surface area contributed by atoms with Crippen LogP contribution in [0.15, 0.2) is 77.4 Å². The zero-order chi connectivity index (χ0) is 27.1. The van der Waals surface area contributed by atoms with Crippen molar-refractivity contribution in [2.24, 2.45) is 0 Å². The number of carbonyl (C=O) groups excluding carboxylic acids is 3. The maximum atomic E-state index is 12.5. The van der Waals surface area contributed by atoms with Crippen LogP contribution in [-0.4, -0.2) is 33.9 Å². The molecule has 2 aromatic carbocycles. The molecule has 3 aromatic rings. The third-order valence-electron chi connectivity index (χ3n) is 4.87. The summed E-state index contributed by atoms with van der Waals surface area (Å²) in [5.41, 5.74) is 1.70. The summed E-state index contributed by atoms with van der Waals surface area (Å²) in [5, 5.41) is 24.7. The lowest BCUT2D eigenvalue weighted by Gasteiger charge is -2.13. The molecule has 0 saturated carbocycles. The van der Waals surface area contributed by atoms with Crippen molar-refractivity contribution in [1.82, 2.24) is 4.98 Å². The van der Waals surface area contributed by atoms with Crippen molar-refractivity contribution >= 4 is 67.7 Å². The van der Waals surface area contributed by atoms with E-state index in [1.807, 2.05) is 24.3 Å². The van der Waals surface area contributed by atoms with E-state index in [4.69, 9.17) is 5.11 Å². The number of fused-ring (bicyclic) bond motifs is 1. The molecule has 37 heavy (non-hydrogen) atoms. The quantitative estimate of drug-likeness (QED) is 0.192. The van der Waals surface area contributed by atoms with Crippen LogP contribution in [0, 0.1) is 11.3 Å². The molecular formula is C26H19BrN4O6. The number of rotatable bonds is 9. The molecule has 0 atom stereocenters. The fourth-order valence-corrected chi connectivity index (χ4v) is 3.55. The Hall–Kier alpha value is -4.82. The smallest absolute Gasteiger partial charge is 0.341 e. The number of carbonyl (C=O) groups is 4. The van der Waals surface area contributed by atoms with E-state index in [2.05, 4.69) is 55.5 Å². The largest absolute Gasteiger partial charge is 0.481 e. The maximum absolute atomic E-state index is 12.5. The van der Waals surface area contributed by atoms with Crippen molar-refractivity contribution < 1.29 is 29.0 Å². The van der Waals surface area contributed by atoms with E-state index < -0.39 is 42.2 Å². The van der Waals surface area contributed by atoms with Gasteiger partial charge < -0.3 is 20.5 Å². The third-order valence-corrected chi connectivity index (χ3v) is 5.36. The summed E-state index contributed by atoms with van der Waals surface area (Å²) < 4.78 is 5.36. The fourth-order valence-electron chi connectivity index (χ4n) is 3.15. The van der Waals surface area contributed by atoms with Crippen LogP contribution >= 0.6 is 15.9 Å². The number of ether oxygens (including phenoxy) is 1. The van der Waals surface area contributed by atoms with Gasteiger partial charge in [0.2, 0.25) is 5.91 Å². The van der Waals surface area contributed by atoms with Gasteiger partial charge in [-0.3, -0.25) is 14.6 Å². The summed E-state index contributed by atoms with van der Waals surface area (Å²) >= 11 is 3.41. The second-order valence-electron chi connectivity index (χ2n) is 7.71. The second-order valence-corrected chi connectivity index (χ2v) is 8.62. The summed E-state index contributed by atoms with van der Waals surface area (Å²) in [5.74, 6) is -4.32. The lowest BCUT2D eigenvalue weighted by atomic mass is 10.1. The van der Waals surface area contributed by atoms with Crippen LogP contribution in [-0.2, 0) is 23.9 Å². The number of hydrogen-bond acceptors (Lipinski definition) is 8. The van der Waals surface area contributed by atoms with Crippen molar-refractivity contribution in [1.29, 1.82) is 5.26 Å². The van der Waals surface area contributed by atoms with Crippen LogP contribution in [0.1, 0.15) is 18.4 Å². The van der Waals surface area contributed by atoms with Gasteiger partial charge in [0.15, 0.2) is 0 Å². The van der Waals surface area contributed by atoms with Gasteiger partial charge in [-0.2, -0.15) is 5.26 Å². The van der Waals surface area contributed by atoms with Crippen LogP contribution in [0.4, 0.5) is 17.1 Å². The number of nitrogens with zero attached hydrogens (tertiary/aromatic N) is 2. The highest BCUT2D eigenvalue weighted by molar-refractivity contribution is 9.10. The fraction of sp³-hybridized carbons (Fsp3) is 0.0769. The molecule has 0 bridgehead atoms. The minimum Gasteiger partial charge on any atom is -0.481 e. The van der Waals surface area contributed by atoms with Gasteiger partial charge in [-0.15, -0.1) is 0 Å². The Labute approximate surface area is 219 Å². The standard InChI is InChI=1S/C26H19BrN4O6/c1-14(25(35)37-26(36)15(2)9-23(33)34)8-22(32)30-19-6-7-21-20(11-19)24(16(12-28)13-29-21)31-18-5-3-4-17(27)10-18/h3-7,10-11,13H,1-2,8-9H2,(H,29,31)(H,30,32)(H,33,34). The molecule has 0 fully saturated rings. The van der Waals surface area contributed by atoms with Crippen LogP contribution < -0.4 is 10.6 Å². The Morgan fingerprint density at radius 1 is 1.03 bits per heavy atom. The minimum absolute atomic E-state index is 0.293. The molecular weight excluding hydrogens is 544 g/mol. The molecule has 0 aliphatic heterocycles. The number of esters is 2. The number of nitrogens with one attached hydrogen (secondary N) is 2. The van der Waals surface area contributed by atoms with Gasteiger partial charge in [0.25, 0.3) is 0 Å². The molecule has 1 amide bonds. The van der Waals surface area contributed by atoms with E-state index in [9.17, 15) is 24.4 Å². The number of anilines is 3. The van der Waals surface area contributed by atoms with Crippen LogP contribution in [0.2, 0.25) is 0 Å². The SMILES string of the molecule is C=C(CC(=O)O)C(=O)OC(=O)C(=C)CC(=O)Nc1ccc2ncc(C#N)c(Nc3cccc(Br)c3)c2c1. The summed E-state index contributed by atoms with van der Waals surface area (Å²) in [6.45, 7) is 6.71. The molecule has 0 spiro atoms. The molecule has 10 nitrogen and oxygen atoms in total. The predicted octanol–water partition coefficient (Wildman–Crippen LogP) is 4.60. The van der Waals surface area contributed by atoms with Gasteiger partial charge in [-0.05, 0) is 36.4 Å². The van der Waals surface area contributed by atoms with Crippen molar-refractivity contribution in [2.75, 3.05) is 10.6 Å². The second kappa shape index (κ2) is 11.7.